The van der Waals surface area contributed by atoms with Gasteiger partial charge in [0.25, 0.3) is 0 Å². The van der Waals surface area contributed by atoms with E-state index in [1.54, 1.807) is 0 Å². The van der Waals surface area contributed by atoms with E-state index in [4.69, 9.17) is 4.43 Å². The Morgan fingerprint density at radius 3 is 1.75 bits per heavy atom. The fraction of sp³-hybridized carbons (Fsp3) is 1.00. The second-order valence-electron chi connectivity index (χ2n) is 2.83. The van der Waals surface area contributed by atoms with Gasteiger partial charge in [0.05, 0.1) is 5.44 Å². The second kappa shape index (κ2) is 2.89. The first-order valence-electron chi connectivity index (χ1n) is 2.78. The third-order valence-electron chi connectivity index (χ3n) is 0.524. The molecule has 0 amide bonds. The van der Waals surface area contributed by atoms with Crippen LogP contribution in [0.1, 0.15) is 6.92 Å². The molecule has 0 rings (SSSR count). The largest absolute Gasteiger partial charge is 0.406 e. The van der Waals surface area contributed by atoms with Gasteiger partial charge in [-0.05, 0) is 26.6 Å². The molecule has 0 fully saturated rings. The summed E-state index contributed by atoms with van der Waals surface area (Å²) in [6.45, 7) is 8.40. The summed E-state index contributed by atoms with van der Waals surface area (Å²) >= 11 is 4.10. The van der Waals surface area contributed by atoms with Gasteiger partial charge in [0.15, 0.2) is 8.32 Å². The van der Waals surface area contributed by atoms with Crippen molar-refractivity contribution in [1.29, 1.82) is 0 Å². The van der Waals surface area contributed by atoms with Crippen molar-refractivity contribution in [2.24, 2.45) is 0 Å². The number of rotatable bonds is 2. The summed E-state index contributed by atoms with van der Waals surface area (Å²) in [5, 5.41) is 0. The van der Waals surface area contributed by atoms with Crippen LogP contribution in [-0.4, -0.2) is 13.8 Å². The number of hydrogen-bond acceptors (Lipinski definition) is 2. The number of hydrogen-bond donors (Lipinski definition) is 1. The van der Waals surface area contributed by atoms with E-state index in [2.05, 4.69) is 32.3 Å². The average Bonchev–Trinajstić information content (AvgIpc) is 1.21. The molecule has 8 heavy (non-hydrogen) atoms. The van der Waals surface area contributed by atoms with E-state index in [1.807, 2.05) is 6.92 Å². The van der Waals surface area contributed by atoms with Crippen molar-refractivity contribution in [3.05, 3.63) is 0 Å². The van der Waals surface area contributed by atoms with E-state index in [9.17, 15) is 0 Å². The lowest BCUT2D eigenvalue weighted by molar-refractivity contribution is 0.303. The first-order valence-corrected chi connectivity index (χ1v) is 6.70. The molecule has 0 saturated carbocycles. The van der Waals surface area contributed by atoms with Crippen LogP contribution in [0, 0.1) is 0 Å². The molecule has 0 heterocycles. The number of thiol groups is 1. The molecule has 0 aliphatic carbocycles. The molecule has 0 radical (unpaired) electrons. The van der Waals surface area contributed by atoms with Gasteiger partial charge >= 0.3 is 0 Å². The molecule has 0 aliphatic rings. The molecular formula is C5H14OSSi. The van der Waals surface area contributed by atoms with Crippen molar-refractivity contribution >= 4 is 20.9 Å². The summed E-state index contributed by atoms with van der Waals surface area (Å²) in [5.74, 6) is 0. The zero-order chi connectivity index (χ0) is 6.78. The average molecular weight is 150 g/mol. The highest BCUT2D eigenvalue weighted by Gasteiger charge is 2.15. The highest BCUT2D eigenvalue weighted by atomic mass is 32.1. The first-order chi connectivity index (χ1) is 3.42. The summed E-state index contributed by atoms with van der Waals surface area (Å²) in [6, 6.07) is 0. The quantitative estimate of drug-likeness (QED) is 0.360. The molecule has 50 valence electrons. The fourth-order valence-corrected chi connectivity index (χ4v) is 2.48. The second-order valence-corrected chi connectivity index (χ2v) is 8.02. The molecule has 0 saturated heterocycles. The smallest absolute Gasteiger partial charge is 0.185 e. The van der Waals surface area contributed by atoms with E-state index >= 15 is 0 Å². The fourth-order valence-electron chi connectivity index (χ4n) is 0.512. The Hall–Kier alpha value is 0.527. The summed E-state index contributed by atoms with van der Waals surface area (Å²) < 4.78 is 5.44. The van der Waals surface area contributed by atoms with E-state index < -0.39 is 8.32 Å². The molecule has 0 aliphatic heterocycles. The zero-order valence-corrected chi connectivity index (χ0v) is 7.83. The van der Waals surface area contributed by atoms with Gasteiger partial charge in [0.1, 0.15) is 0 Å². The monoisotopic (exact) mass is 150 g/mol. The van der Waals surface area contributed by atoms with Crippen molar-refractivity contribution in [2.75, 3.05) is 0 Å². The minimum atomic E-state index is -1.30. The molecule has 0 aromatic heterocycles. The third kappa shape index (κ3) is 6.53. The Balaban J connectivity index is 3.39. The molecule has 0 spiro atoms. The van der Waals surface area contributed by atoms with Gasteiger partial charge in [-0.2, -0.15) is 0 Å². The summed E-state index contributed by atoms with van der Waals surface area (Å²) in [7, 11) is -1.30. The normalized spacial score (nSPS) is 16.1. The van der Waals surface area contributed by atoms with Crippen molar-refractivity contribution < 1.29 is 4.43 Å². The molecule has 0 N–H and O–H groups in total. The van der Waals surface area contributed by atoms with Gasteiger partial charge in [-0.1, -0.05) is 0 Å². The van der Waals surface area contributed by atoms with Crippen LogP contribution in [0.15, 0.2) is 0 Å². The molecule has 3 heteroatoms. The Morgan fingerprint density at radius 2 is 1.75 bits per heavy atom. The highest BCUT2D eigenvalue weighted by molar-refractivity contribution is 7.80. The van der Waals surface area contributed by atoms with Crippen molar-refractivity contribution in [3.8, 4) is 0 Å². The SMILES string of the molecule is CC(S)O[Si](C)(C)C. The minimum absolute atomic E-state index is 0.0988. The molecule has 0 bridgehead atoms. The topological polar surface area (TPSA) is 9.23 Å². The molecule has 1 unspecified atom stereocenters. The van der Waals surface area contributed by atoms with E-state index in [1.165, 1.54) is 0 Å². The minimum Gasteiger partial charge on any atom is -0.406 e. The van der Waals surface area contributed by atoms with Crippen LogP contribution in [0.2, 0.25) is 19.6 Å². The van der Waals surface area contributed by atoms with Crippen LogP contribution in [-0.2, 0) is 4.43 Å². The molecular weight excluding hydrogens is 136 g/mol. The van der Waals surface area contributed by atoms with Gasteiger partial charge in [0, 0.05) is 0 Å². The maximum Gasteiger partial charge on any atom is 0.185 e. The van der Waals surface area contributed by atoms with Crippen LogP contribution in [0.4, 0.5) is 0 Å². The standard InChI is InChI=1S/C5H14OSSi/c1-5(7)6-8(2,3)4/h5,7H,1-4H3. The Morgan fingerprint density at radius 1 is 1.38 bits per heavy atom. The third-order valence-corrected chi connectivity index (χ3v) is 1.89. The highest BCUT2D eigenvalue weighted by Crippen LogP contribution is 2.08. The summed E-state index contributed by atoms with van der Waals surface area (Å²) in [5.41, 5.74) is 0.0988. The Kier molecular flexibility index (Phi) is 3.08. The van der Waals surface area contributed by atoms with Crippen LogP contribution >= 0.6 is 12.6 Å². The summed E-state index contributed by atoms with van der Waals surface area (Å²) in [4.78, 5) is 0. The van der Waals surface area contributed by atoms with Gasteiger partial charge in [-0.3, -0.25) is 0 Å². The Bertz CT molecular complexity index is 67.3. The van der Waals surface area contributed by atoms with Crippen molar-refractivity contribution in [1.82, 2.24) is 0 Å². The van der Waals surface area contributed by atoms with E-state index in [0.717, 1.165) is 0 Å². The predicted molar refractivity (Wildman–Crippen MR) is 42.9 cm³/mol. The van der Waals surface area contributed by atoms with Crippen LogP contribution in [0.3, 0.4) is 0 Å². The zero-order valence-electron chi connectivity index (χ0n) is 5.93. The molecule has 0 aromatic rings. The first kappa shape index (κ1) is 8.53. The van der Waals surface area contributed by atoms with E-state index in [0.29, 0.717) is 0 Å². The molecule has 1 atom stereocenters. The van der Waals surface area contributed by atoms with Gasteiger partial charge in [0.2, 0.25) is 0 Å². The van der Waals surface area contributed by atoms with Crippen molar-refractivity contribution in [3.63, 3.8) is 0 Å². The molecule has 0 aromatic carbocycles. The molecule has 1 nitrogen and oxygen atoms in total. The van der Waals surface area contributed by atoms with Gasteiger partial charge < -0.3 is 4.43 Å². The summed E-state index contributed by atoms with van der Waals surface area (Å²) in [6.07, 6.45) is 0. The maximum atomic E-state index is 5.44. The lowest BCUT2D eigenvalue weighted by atomic mass is 10.9. The van der Waals surface area contributed by atoms with Crippen LogP contribution < -0.4 is 0 Å². The predicted octanol–water partition coefficient (Wildman–Crippen LogP) is 2.11. The Labute approximate surface area is 58.0 Å². The lowest BCUT2D eigenvalue weighted by Gasteiger charge is -2.19. The lowest BCUT2D eigenvalue weighted by Crippen LogP contribution is -2.27. The van der Waals surface area contributed by atoms with Crippen LogP contribution in [0.5, 0.6) is 0 Å². The van der Waals surface area contributed by atoms with E-state index in [-0.39, 0.29) is 5.44 Å². The van der Waals surface area contributed by atoms with Gasteiger partial charge in [-0.25, -0.2) is 0 Å². The van der Waals surface area contributed by atoms with Gasteiger partial charge in [-0.15, -0.1) is 12.6 Å². The van der Waals surface area contributed by atoms with Crippen molar-refractivity contribution in [2.45, 2.75) is 32.0 Å². The maximum absolute atomic E-state index is 5.44. The van der Waals surface area contributed by atoms with Crippen LogP contribution in [0.25, 0.3) is 0 Å².